The molecule has 2 N–H and O–H groups in total. The lowest BCUT2D eigenvalue weighted by molar-refractivity contribution is 0.188. The molecular formula is C11H23ClN2O3S. The van der Waals surface area contributed by atoms with Gasteiger partial charge in [-0.3, -0.25) is 0 Å². The summed E-state index contributed by atoms with van der Waals surface area (Å²) < 4.78 is 31.3. The maximum absolute atomic E-state index is 12.2. The molecule has 2 rings (SSSR count). The third-order valence-corrected chi connectivity index (χ3v) is 5.69. The lowest BCUT2D eigenvalue weighted by atomic mass is 10.0. The van der Waals surface area contributed by atoms with Crippen molar-refractivity contribution in [2.45, 2.75) is 19.3 Å². The fraction of sp³-hybridized carbons (Fsp3) is 1.00. The Morgan fingerprint density at radius 1 is 1.28 bits per heavy atom. The van der Waals surface area contributed by atoms with E-state index in [4.69, 9.17) is 10.5 Å². The number of nitrogens with two attached hydrogens (primary N) is 1. The monoisotopic (exact) mass is 298 g/mol. The Kier molecular flexibility index (Phi) is 6.34. The zero-order chi connectivity index (χ0) is 12.3. The van der Waals surface area contributed by atoms with E-state index in [0.29, 0.717) is 38.8 Å². The van der Waals surface area contributed by atoms with Gasteiger partial charge in [0.05, 0.1) is 12.4 Å². The molecule has 7 heteroatoms. The molecule has 18 heavy (non-hydrogen) atoms. The van der Waals surface area contributed by atoms with Crippen molar-refractivity contribution in [1.29, 1.82) is 0 Å². The van der Waals surface area contributed by atoms with Crippen LogP contribution in [0.5, 0.6) is 0 Å². The number of hydrogen-bond donors (Lipinski definition) is 1. The van der Waals surface area contributed by atoms with Crippen molar-refractivity contribution in [3.63, 3.8) is 0 Å². The summed E-state index contributed by atoms with van der Waals surface area (Å²) in [5.74, 6) is 0.751. The second-order valence-electron chi connectivity index (χ2n) is 5.11. The number of nitrogens with zero attached hydrogens (tertiary/aromatic N) is 1. The number of ether oxygens (including phenoxy) is 1. The van der Waals surface area contributed by atoms with Crippen molar-refractivity contribution in [3.05, 3.63) is 0 Å². The van der Waals surface area contributed by atoms with Crippen LogP contribution in [-0.4, -0.2) is 51.3 Å². The fourth-order valence-corrected chi connectivity index (χ4v) is 4.50. The second-order valence-corrected chi connectivity index (χ2v) is 7.12. The first-order chi connectivity index (χ1) is 8.12. The summed E-state index contributed by atoms with van der Waals surface area (Å²) in [5, 5.41) is 0. The molecule has 2 aliphatic rings. The van der Waals surface area contributed by atoms with Crippen LogP contribution in [0.3, 0.4) is 0 Å². The summed E-state index contributed by atoms with van der Waals surface area (Å²) in [6, 6.07) is 0. The molecule has 0 aliphatic carbocycles. The summed E-state index contributed by atoms with van der Waals surface area (Å²) in [6.07, 6.45) is 2.85. The Hall–Kier alpha value is 0.120. The molecule has 5 nitrogen and oxygen atoms in total. The second kappa shape index (κ2) is 7.05. The van der Waals surface area contributed by atoms with E-state index in [1.807, 2.05) is 0 Å². The molecule has 2 fully saturated rings. The Morgan fingerprint density at radius 2 is 2.06 bits per heavy atom. The molecule has 2 unspecified atom stereocenters. The van der Waals surface area contributed by atoms with E-state index in [-0.39, 0.29) is 24.1 Å². The number of rotatable bonds is 4. The molecule has 0 spiro atoms. The number of halogens is 1. The molecule has 0 amide bonds. The SMILES string of the molecule is Cl.NCC1CCCN(S(=O)(=O)CC2CCOC2)C1. The average Bonchev–Trinajstić information content (AvgIpc) is 2.81. The highest BCUT2D eigenvalue weighted by Crippen LogP contribution is 2.22. The number of sulfonamides is 1. The minimum atomic E-state index is -3.11. The van der Waals surface area contributed by atoms with Gasteiger partial charge in [0.1, 0.15) is 0 Å². The first-order valence-corrected chi connectivity index (χ1v) is 7.98. The Labute approximate surface area is 116 Å². The first kappa shape index (κ1) is 16.2. The molecule has 0 aromatic rings. The van der Waals surface area contributed by atoms with Crippen LogP contribution in [0.1, 0.15) is 19.3 Å². The van der Waals surface area contributed by atoms with Crippen molar-refractivity contribution in [2.24, 2.45) is 17.6 Å². The molecule has 0 aromatic heterocycles. The molecule has 0 aromatic carbocycles. The minimum Gasteiger partial charge on any atom is -0.381 e. The van der Waals surface area contributed by atoms with Crippen LogP contribution in [0.25, 0.3) is 0 Å². The van der Waals surface area contributed by atoms with E-state index in [1.165, 1.54) is 0 Å². The third kappa shape index (κ3) is 4.06. The predicted molar refractivity (Wildman–Crippen MR) is 73.3 cm³/mol. The van der Waals surface area contributed by atoms with Gasteiger partial charge in [0.15, 0.2) is 0 Å². The highest BCUT2D eigenvalue weighted by atomic mass is 35.5. The van der Waals surface area contributed by atoms with Crippen molar-refractivity contribution in [3.8, 4) is 0 Å². The van der Waals surface area contributed by atoms with E-state index in [2.05, 4.69) is 0 Å². The zero-order valence-electron chi connectivity index (χ0n) is 10.6. The van der Waals surface area contributed by atoms with Gasteiger partial charge < -0.3 is 10.5 Å². The van der Waals surface area contributed by atoms with E-state index in [9.17, 15) is 8.42 Å². The molecular weight excluding hydrogens is 276 g/mol. The van der Waals surface area contributed by atoms with Gasteiger partial charge in [-0.05, 0) is 37.6 Å². The zero-order valence-corrected chi connectivity index (χ0v) is 12.2. The molecule has 2 aliphatic heterocycles. The van der Waals surface area contributed by atoms with Crippen LogP contribution < -0.4 is 5.73 Å². The van der Waals surface area contributed by atoms with Crippen LogP contribution in [0, 0.1) is 11.8 Å². The van der Waals surface area contributed by atoms with Crippen LogP contribution in [0.15, 0.2) is 0 Å². The third-order valence-electron chi connectivity index (χ3n) is 3.68. The van der Waals surface area contributed by atoms with Gasteiger partial charge in [0.25, 0.3) is 0 Å². The Balaban J connectivity index is 0.00000162. The highest BCUT2D eigenvalue weighted by molar-refractivity contribution is 7.89. The minimum absolute atomic E-state index is 0. The van der Waals surface area contributed by atoms with Gasteiger partial charge in [0.2, 0.25) is 10.0 Å². The summed E-state index contributed by atoms with van der Waals surface area (Å²) in [5.41, 5.74) is 5.63. The lowest BCUT2D eigenvalue weighted by Crippen LogP contribution is -2.44. The van der Waals surface area contributed by atoms with E-state index < -0.39 is 10.0 Å². The topological polar surface area (TPSA) is 72.6 Å². The molecule has 0 saturated carbocycles. The molecule has 2 heterocycles. The molecule has 0 radical (unpaired) electrons. The Bertz CT molecular complexity index is 344. The summed E-state index contributed by atoms with van der Waals surface area (Å²) in [6.45, 7) is 3.14. The quantitative estimate of drug-likeness (QED) is 0.818. The van der Waals surface area contributed by atoms with E-state index in [0.717, 1.165) is 19.3 Å². The highest BCUT2D eigenvalue weighted by Gasteiger charge is 2.31. The van der Waals surface area contributed by atoms with Crippen molar-refractivity contribution in [2.75, 3.05) is 38.6 Å². The summed E-state index contributed by atoms with van der Waals surface area (Å²) >= 11 is 0. The van der Waals surface area contributed by atoms with Crippen LogP contribution in [0.4, 0.5) is 0 Å². The summed E-state index contributed by atoms with van der Waals surface area (Å²) in [4.78, 5) is 0. The molecule has 0 bridgehead atoms. The number of piperidine rings is 1. The van der Waals surface area contributed by atoms with Crippen molar-refractivity contribution < 1.29 is 13.2 Å². The normalized spacial score (nSPS) is 30.1. The number of hydrogen-bond acceptors (Lipinski definition) is 4. The van der Waals surface area contributed by atoms with Crippen molar-refractivity contribution in [1.82, 2.24) is 4.31 Å². The molecule has 108 valence electrons. The van der Waals surface area contributed by atoms with Crippen LogP contribution in [0.2, 0.25) is 0 Å². The average molecular weight is 299 g/mol. The lowest BCUT2D eigenvalue weighted by Gasteiger charge is -2.31. The fourth-order valence-electron chi connectivity index (χ4n) is 2.59. The smallest absolute Gasteiger partial charge is 0.214 e. The van der Waals surface area contributed by atoms with Gasteiger partial charge in [0, 0.05) is 19.7 Å². The van der Waals surface area contributed by atoms with Crippen molar-refractivity contribution >= 4 is 22.4 Å². The van der Waals surface area contributed by atoms with E-state index in [1.54, 1.807) is 4.31 Å². The first-order valence-electron chi connectivity index (χ1n) is 6.37. The Morgan fingerprint density at radius 3 is 2.67 bits per heavy atom. The molecule has 2 saturated heterocycles. The van der Waals surface area contributed by atoms with Gasteiger partial charge >= 0.3 is 0 Å². The van der Waals surface area contributed by atoms with Gasteiger partial charge in [-0.1, -0.05) is 0 Å². The maximum atomic E-state index is 12.2. The van der Waals surface area contributed by atoms with Crippen LogP contribution >= 0.6 is 12.4 Å². The predicted octanol–water partition coefficient (Wildman–Crippen LogP) is 0.445. The standard InChI is InChI=1S/C11H22N2O3S.ClH/c12-6-10-2-1-4-13(7-10)17(14,15)9-11-3-5-16-8-11;/h10-11H,1-9,12H2;1H. The van der Waals surface area contributed by atoms with E-state index >= 15 is 0 Å². The summed E-state index contributed by atoms with van der Waals surface area (Å²) in [7, 11) is -3.11. The van der Waals surface area contributed by atoms with Gasteiger partial charge in [-0.15, -0.1) is 12.4 Å². The maximum Gasteiger partial charge on any atom is 0.214 e. The molecule has 2 atom stereocenters. The largest absolute Gasteiger partial charge is 0.381 e. The van der Waals surface area contributed by atoms with Crippen LogP contribution in [-0.2, 0) is 14.8 Å². The van der Waals surface area contributed by atoms with Gasteiger partial charge in [-0.2, -0.15) is 0 Å². The van der Waals surface area contributed by atoms with Gasteiger partial charge in [-0.25, -0.2) is 12.7 Å².